The number of halogens is 1. The molecule has 0 N–H and O–H groups in total. The standard InChI is InChI=1S/C8H10BrN/c1-2-8(9)7-4-3-5-10-6-7/h3-6,8H,2H2,1H3. The minimum absolute atomic E-state index is 0.459. The average molecular weight is 200 g/mol. The van der Waals surface area contributed by atoms with Gasteiger partial charge in [0.25, 0.3) is 0 Å². The zero-order chi connectivity index (χ0) is 7.40. The van der Waals surface area contributed by atoms with Gasteiger partial charge in [0.2, 0.25) is 0 Å². The molecule has 0 aliphatic carbocycles. The van der Waals surface area contributed by atoms with Gasteiger partial charge in [0.1, 0.15) is 0 Å². The number of nitrogens with zero attached hydrogens (tertiary/aromatic N) is 1. The molecule has 0 saturated heterocycles. The number of alkyl halides is 1. The van der Waals surface area contributed by atoms with Gasteiger partial charge in [0, 0.05) is 17.2 Å². The fraction of sp³-hybridized carbons (Fsp3) is 0.375. The highest BCUT2D eigenvalue weighted by Gasteiger charge is 2.01. The number of aromatic nitrogens is 1. The van der Waals surface area contributed by atoms with Crippen LogP contribution in [0.1, 0.15) is 23.7 Å². The van der Waals surface area contributed by atoms with E-state index < -0.39 is 0 Å². The summed E-state index contributed by atoms with van der Waals surface area (Å²) in [5.74, 6) is 0. The molecule has 1 rings (SSSR count). The van der Waals surface area contributed by atoms with Gasteiger partial charge in [0.15, 0.2) is 0 Å². The first kappa shape index (κ1) is 7.73. The third kappa shape index (κ3) is 1.81. The van der Waals surface area contributed by atoms with Gasteiger partial charge in [-0.05, 0) is 18.1 Å². The highest BCUT2D eigenvalue weighted by Crippen LogP contribution is 2.24. The molecular formula is C8H10BrN. The van der Waals surface area contributed by atoms with Crippen LogP contribution in [0.25, 0.3) is 0 Å². The summed E-state index contributed by atoms with van der Waals surface area (Å²) in [6.45, 7) is 2.15. The van der Waals surface area contributed by atoms with Gasteiger partial charge >= 0.3 is 0 Å². The molecule has 1 heterocycles. The lowest BCUT2D eigenvalue weighted by atomic mass is 10.2. The Hall–Kier alpha value is -0.370. The largest absolute Gasteiger partial charge is 0.264 e. The van der Waals surface area contributed by atoms with Crippen LogP contribution in [-0.4, -0.2) is 4.98 Å². The molecule has 10 heavy (non-hydrogen) atoms. The predicted octanol–water partition coefficient (Wildman–Crippen LogP) is 2.93. The van der Waals surface area contributed by atoms with Crippen molar-refractivity contribution in [2.24, 2.45) is 0 Å². The Morgan fingerprint density at radius 3 is 3.00 bits per heavy atom. The fourth-order valence-electron chi connectivity index (χ4n) is 0.797. The zero-order valence-electron chi connectivity index (χ0n) is 5.92. The molecule has 1 aromatic heterocycles. The smallest absolute Gasteiger partial charge is 0.0407 e. The Morgan fingerprint density at radius 1 is 1.70 bits per heavy atom. The molecule has 2 heteroatoms. The first-order valence-electron chi connectivity index (χ1n) is 3.38. The van der Waals surface area contributed by atoms with Crippen molar-refractivity contribution in [3.8, 4) is 0 Å². The number of hydrogen-bond acceptors (Lipinski definition) is 1. The molecule has 1 aromatic rings. The number of pyridine rings is 1. The van der Waals surface area contributed by atoms with Gasteiger partial charge in [-0.2, -0.15) is 0 Å². The summed E-state index contributed by atoms with van der Waals surface area (Å²) in [6, 6.07) is 4.04. The third-order valence-corrected chi connectivity index (χ3v) is 2.58. The van der Waals surface area contributed by atoms with Crippen molar-refractivity contribution in [3.05, 3.63) is 30.1 Å². The van der Waals surface area contributed by atoms with E-state index in [1.54, 1.807) is 6.20 Å². The van der Waals surface area contributed by atoms with Crippen molar-refractivity contribution in [1.82, 2.24) is 4.98 Å². The second-order valence-corrected chi connectivity index (χ2v) is 3.27. The summed E-state index contributed by atoms with van der Waals surface area (Å²) < 4.78 is 0. The van der Waals surface area contributed by atoms with Crippen molar-refractivity contribution in [1.29, 1.82) is 0 Å². The highest BCUT2D eigenvalue weighted by molar-refractivity contribution is 9.09. The van der Waals surface area contributed by atoms with Crippen LogP contribution >= 0.6 is 15.9 Å². The quantitative estimate of drug-likeness (QED) is 0.668. The van der Waals surface area contributed by atoms with E-state index in [0.29, 0.717) is 4.83 Å². The van der Waals surface area contributed by atoms with Gasteiger partial charge in [-0.15, -0.1) is 0 Å². The van der Waals surface area contributed by atoms with Crippen LogP contribution in [0, 0.1) is 0 Å². The second-order valence-electron chi connectivity index (χ2n) is 2.16. The van der Waals surface area contributed by atoms with Crippen molar-refractivity contribution in [2.75, 3.05) is 0 Å². The molecule has 0 aliphatic rings. The summed E-state index contributed by atoms with van der Waals surface area (Å²) in [6.07, 6.45) is 4.79. The normalized spacial score (nSPS) is 13.0. The zero-order valence-corrected chi connectivity index (χ0v) is 7.51. The van der Waals surface area contributed by atoms with Crippen LogP contribution in [0.3, 0.4) is 0 Å². The molecule has 1 atom stereocenters. The van der Waals surface area contributed by atoms with E-state index in [1.165, 1.54) is 5.56 Å². The van der Waals surface area contributed by atoms with Crippen LogP contribution in [0.15, 0.2) is 24.5 Å². The number of hydrogen-bond donors (Lipinski definition) is 0. The number of rotatable bonds is 2. The maximum Gasteiger partial charge on any atom is 0.0407 e. The highest BCUT2D eigenvalue weighted by atomic mass is 79.9. The maximum absolute atomic E-state index is 4.02. The van der Waals surface area contributed by atoms with Crippen LogP contribution in [0.2, 0.25) is 0 Å². The van der Waals surface area contributed by atoms with Gasteiger partial charge in [-0.1, -0.05) is 28.9 Å². The van der Waals surface area contributed by atoms with Crippen LogP contribution in [0.5, 0.6) is 0 Å². The minimum atomic E-state index is 0.459. The third-order valence-electron chi connectivity index (χ3n) is 1.40. The van der Waals surface area contributed by atoms with E-state index in [9.17, 15) is 0 Å². The molecule has 1 nitrogen and oxygen atoms in total. The molecular weight excluding hydrogens is 190 g/mol. The Labute approximate surface area is 69.6 Å². The van der Waals surface area contributed by atoms with Crippen LogP contribution in [-0.2, 0) is 0 Å². The average Bonchev–Trinajstić information content (AvgIpc) is 2.05. The Morgan fingerprint density at radius 2 is 2.50 bits per heavy atom. The van der Waals surface area contributed by atoms with Crippen molar-refractivity contribution in [3.63, 3.8) is 0 Å². The summed E-state index contributed by atoms with van der Waals surface area (Å²) in [4.78, 5) is 4.48. The van der Waals surface area contributed by atoms with Crippen molar-refractivity contribution < 1.29 is 0 Å². The Bertz CT molecular complexity index is 186. The molecule has 0 saturated carbocycles. The van der Waals surface area contributed by atoms with Crippen LogP contribution < -0.4 is 0 Å². The van der Waals surface area contributed by atoms with Gasteiger partial charge < -0.3 is 0 Å². The molecule has 0 spiro atoms. The van der Waals surface area contributed by atoms with E-state index in [2.05, 4.69) is 33.9 Å². The minimum Gasteiger partial charge on any atom is -0.264 e. The lowest BCUT2D eigenvalue weighted by Crippen LogP contribution is -1.86. The SMILES string of the molecule is CCC(Br)c1cccnc1. The molecule has 54 valence electrons. The first-order valence-corrected chi connectivity index (χ1v) is 4.30. The lowest BCUT2D eigenvalue weighted by molar-refractivity contribution is 0.903. The van der Waals surface area contributed by atoms with Gasteiger partial charge in [-0.25, -0.2) is 0 Å². The molecule has 0 amide bonds. The fourth-order valence-corrected chi connectivity index (χ4v) is 1.07. The van der Waals surface area contributed by atoms with E-state index >= 15 is 0 Å². The molecule has 0 bridgehead atoms. The Kier molecular flexibility index (Phi) is 2.87. The van der Waals surface area contributed by atoms with Crippen molar-refractivity contribution in [2.45, 2.75) is 18.2 Å². The monoisotopic (exact) mass is 199 g/mol. The van der Waals surface area contributed by atoms with E-state index in [1.807, 2.05) is 12.3 Å². The van der Waals surface area contributed by atoms with E-state index in [0.717, 1.165) is 6.42 Å². The second kappa shape index (κ2) is 3.71. The van der Waals surface area contributed by atoms with Crippen LogP contribution in [0.4, 0.5) is 0 Å². The maximum atomic E-state index is 4.02. The molecule has 0 aliphatic heterocycles. The summed E-state index contributed by atoms with van der Waals surface area (Å²) >= 11 is 3.54. The molecule has 0 radical (unpaired) electrons. The molecule has 0 fully saturated rings. The van der Waals surface area contributed by atoms with Gasteiger partial charge in [-0.3, -0.25) is 4.98 Å². The lowest BCUT2D eigenvalue weighted by Gasteiger charge is -2.03. The molecule has 1 unspecified atom stereocenters. The topological polar surface area (TPSA) is 12.9 Å². The Balaban J connectivity index is 2.75. The summed E-state index contributed by atoms with van der Waals surface area (Å²) in [5, 5.41) is 0. The predicted molar refractivity (Wildman–Crippen MR) is 46.2 cm³/mol. The van der Waals surface area contributed by atoms with E-state index in [-0.39, 0.29) is 0 Å². The van der Waals surface area contributed by atoms with Gasteiger partial charge in [0.05, 0.1) is 0 Å². The van der Waals surface area contributed by atoms with Crippen molar-refractivity contribution >= 4 is 15.9 Å². The first-order chi connectivity index (χ1) is 4.84. The molecule has 0 aromatic carbocycles. The summed E-state index contributed by atoms with van der Waals surface area (Å²) in [7, 11) is 0. The van der Waals surface area contributed by atoms with E-state index in [4.69, 9.17) is 0 Å². The summed E-state index contributed by atoms with van der Waals surface area (Å²) in [5.41, 5.74) is 1.25.